The maximum Gasteiger partial charge on any atom is 0.318 e. The zero-order valence-corrected chi connectivity index (χ0v) is 9.82. The minimum atomic E-state index is -0.0287. The van der Waals surface area contributed by atoms with Crippen molar-refractivity contribution < 1.29 is 9.59 Å². The molecule has 16 heavy (non-hydrogen) atoms. The first-order chi connectivity index (χ1) is 7.58. The van der Waals surface area contributed by atoms with Crippen molar-refractivity contribution in [3.63, 3.8) is 0 Å². The molecule has 2 atom stereocenters. The maximum atomic E-state index is 12.0. The van der Waals surface area contributed by atoms with Crippen LogP contribution in [0, 0.1) is 0 Å². The maximum absolute atomic E-state index is 12.0. The summed E-state index contributed by atoms with van der Waals surface area (Å²) in [5, 5.41) is 6.18. The van der Waals surface area contributed by atoms with Gasteiger partial charge in [-0.25, -0.2) is 4.79 Å². The lowest BCUT2D eigenvalue weighted by Gasteiger charge is -2.45. The standard InChI is InChI=1S/C11H19N3O2/c1-7(2)13-11(16)14-8-3-10(15)4-9(14)6-12-5-8/h7-9,12H,3-6H2,1-2H3,(H,13,16). The Morgan fingerprint density at radius 3 is 2.44 bits per heavy atom. The van der Waals surface area contributed by atoms with Gasteiger partial charge in [0.25, 0.3) is 0 Å². The van der Waals surface area contributed by atoms with E-state index in [1.165, 1.54) is 0 Å². The summed E-state index contributed by atoms with van der Waals surface area (Å²) in [4.78, 5) is 25.3. The number of amides is 2. The van der Waals surface area contributed by atoms with Crippen molar-refractivity contribution in [3.05, 3.63) is 0 Å². The molecule has 2 amide bonds. The van der Waals surface area contributed by atoms with Crippen LogP contribution in [0.2, 0.25) is 0 Å². The van der Waals surface area contributed by atoms with Gasteiger partial charge in [-0.15, -0.1) is 0 Å². The van der Waals surface area contributed by atoms with Gasteiger partial charge in [0.2, 0.25) is 0 Å². The van der Waals surface area contributed by atoms with Gasteiger partial charge in [-0.05, 0) is 13.8 Å². The molecule has 0 spiro atoms. The highest BCUT2D eigenvalue weighted by Crippen LogP contribution is 2.23. The fraction of sp³-hybridized carbons (Fsp3) is 0.818. The van der Waals surface area contributed by atoms with Gasteiger partial charge in [-0.3, -0.25) is 4.79 Å². The number of ketones is 1. The SMILES string of the molecule is CC(C)NC(=O)N1C2CNCC1CC(=O)C2. The number of fused-ring (bicyclic) bond motifs is 2. The van der Waals surface area contributed by atoms with Crippen molar-refractivity contribution in [1.29, 1.82) is 0 Å². The topological polar surface area (TPSA) is 61.4 Å². The molecule has 5 heteroatoms. The highest BCUT2D eigenvalue weighted by atomic mass is 16.2. The molecule has 2 aliphatic heterocycles. The minimum Gasteiger partial charge on any atom is -0.336 e. The van der Waals surface area contributed by atoms with Crippen LogP contribution >= 0.6 is 0 Å². The Kier molecular flexibility index (Phi) is 3.14. The molecule has 5 nitrogen and oxygen atoms in total. The molecule has 90 valence electrons. The molecule has 2 saturated heterocycles. The van der Waals surface area contributed by atoms with Crippen molar-refractivity contribution in [2.75, 3.05) is 13.1 Å². The average Bonchev–Trinajstić information content (AvgIpc) is 2.14. The summed E-state index contributed by atoms with van der Waals surface area (Å²) in [6, 6.07) is 0.190. The number of carbonyl (C=O) groups excluding carboxylic acids is 2. The third kappa shape index (κ3) is 2.19. The Balaban J connectivity index is 2.08. The van der Waals surface area contributed by atoms with Gasteiger partial charge in [-0.2, -0.15) is 0 Å². The van der Waals surface area contributed by atoms with E-state index >= 15 is 0 Å². The summed E-state index contributed by atoms with van der Waals surface area (Å²) in [5.41, 5.74) is 0. The van der Waals surface area contributed by atoms with Gasteiger partial charge in [0.1, 0.15) is 5.78 Å². The zero-order chi connectivity index (χ0) is 11.7. The van der Waals surface area contributed by atoms with Crippen molar-refractivity contribution in [2.45, 2.75) is 44.8 Å². The first-order valence-electron chi connectivity index (χ1n) is 5.89. The van der Waals surface area contributed by atoms with Crippen molar-refractivity contribution in [3.8, 4) is 0 Å². The van der Waals surface area contributed by atoms with Gasteiger partial charge in [-0.1, -0.05) is 0 Å². The number of carbonyl (C=O) groups is 2. The predicted molar refractivity (Wildman–Crippen MR) is 60.2 cm³/mol. The number of hydrogen-bond donors (Lipinski definition) is 2. The zero-order valence-electron chi connectivity index (χ0n) is 9.82. The van der Waals surface area contributed by atoms with E-state index in [-0.39, 0.29) is 29.9 Å². The van der Waals surface area contributed by atoms with Crippen LogP contribution in [0.3, 0.4) is 0 Å². The van der Waals surface area contributed by atoms with E-state index in [1.807, 2.05) is 18.7 Å². The third-order valence-corrected chi connectivity index (χ3v) is 3.12. The van der Waals surface area contributed by atoms with Crippen LogP contribution in [-0.4, -0.2) is 47.9 Å². The van der Waals surface area contributed by atoms with Crippen LogP contribution in [0.1, 0.15) is 26.7 Å². The highest BCUT2D eigenvalue weighted by molar-refractivity contribution is 5.84. The number of nitrogens with one attached hydrogen (secondary N) is 2. The second-order valence-electron chi connectivity index (χ2n) is 4.92. The molecule has 0 aliphatic carbocycles. The lowest BCUT2D eigenvalue weighted by atomic mass is 9.92. The summed E-state index contributed by atoms with van der Waals surface area (Å²) < 4.78 is 0. The number of piperidine rings is 1. The van der Waals surface area contributed by atoms with Crippen LogP contribution in [-0.2, 0) is 4.79 Å². The second kappa shape index (κ2) is 4.41. The molecule has 2 bridgehead atoms. The van der Waals surface area contributed by atoms with Crippen LogP contribution < -0.4 is 10.6 Å². The fourth-order valence-corrected chi connectivity index (χ4v) is 2.51. The molecule has 0 saturated carbocycles. The van der Waals surface area contributed by atoms with Crippen LogP contribution in [0.5, 0.6) is 0 Å². The quantitative estimate of drug-likeness (QED) is 0.666. The van der Waals surface area contributed by atoms with E-state index in [0.717, 1.165) is 13.1 Å². The van der Waals surface area contributed by atoms with Gasteiger partial charge in [0, 0.05) is 32.0 Å². The van der Waals surface area contributed by atoms with Gasteiger partial charge < -0.3 is 15.5 Å². The van der Waals surface area contributed by atoms with Gasteiger partial charge in [0.05, 0.1) is 12.1 Å². The number of piperazine rings is 1. The molecule has 0 radical (unpaired) electrons. The van der Waals surface area contributed by atoms with Crippen molar-refractivity contribution in [1.82, 2.24) is 15.5 Å². The largest absolute Gasteiger partial charge is 0.336 e. The molecular formula is C11H19N3O2. The molecule has 2 fully saturated rings. The number of urea groups is 1. The lowest BCUT2D eigenvalue weighted by Crippen LogP contribution is -2.65. The molecule has 2 aliphatic rings. The van der Waals surface area contributed by atoms with Crippen LogP contribution in [0.4, 0.5) is 4.79 Å². The molecule has 2 unspecified atom stereocenters. The molecule has 2 rings (SSSR count). The molecule has 0 aromatic rings. The summed E-state index contributed by atoms with van der Waals surface area (Å²) in [5.74, 6) is 0.282. The second-order valence-corrected chi connectivity index (χ2v) is 4.92. The molecule has 2 N–H and O–H groups in total. The Morgan fingerprint density at radius 1 is 1.38 bits per heavy atom. The van der Waals surface area contributed by atoms with Gasteiger partial charge in [0.15, 0.2) is 0 Å². The van der Waals surface area contributed by atoms with Crippen LogP contribution in [0.15, 0.2) is 0 Å². The number of rotatable bonds is 1. The van der Waals surface area contributed by atoms with E-state index in [2.05, 4.69) is 10.6 Å². The number of hydrogen-bond acceptors (Lipinski definition) is 3. The average molecular weight is 225 g/mol. The normalized spacial score (nSPS) is 29.4. The molecular weight excluding hydrogens is 206 g/mol. The lowest BCUT2D eigenvalue weighted by molar-refractivity contribution is -0.124. The Morgan fingerprint density at radius 2 is 1.94 bits per heavy atom. The van der Waals surface area contributed by atoms with Crippen molar-refractivity contribution in [2.24, 2.45) is 0 Å². The fourth-order valence-electron chi connectivity index (χ4n) is 2.51. The highest BCUT2D eigenvalue weighted by Gasteiger charge is 2.40. The molecule has 0 aromatic carbocycles. The molecule has 2 heterocycles. The monoisotopic (exact) mass is 225 g/mol. The summed E-state index contributed by atoms with van der Waals surface area (Å²) >= 11 is 0. The minimum absolute atomic E-state index is 0.0287. The van der Waals surface area contributed by atoms with E-state index in [0.29, 0.717) is 12.8 Å². The number of nitrogens with zero attached hydrogens (tertiary/aromatic N) is 1. The Bertz CT molecular complexity index is 288. The van der Waals surface area contributed by atoms with E-state index in [1.54, 1.807) is 0 Å². The van der Waals surface area contributed by atoms with E-state index < -0.39 is 0 Å². The van der Waals surface area contributed by atoms with Crippen LogP contribution in [0.25, 0.3) is 0 Å². The third-order valence-electron chi connectivity index (χ3n) is 3.12. The van der Waals surface area contributed by atoms with Crippen molar-refractivity contribution >= 4 is 11.8 Å². The first-order valence-corrected chi connectivity index (χ1v) is 5.89. The summed E-state index contributed by atoms with van der Waals surface area (Å²) in [6.45, 7) is 5.35. The smallest absolute Gasteiger partial charge is 0.318 e. The Hall–Kier alpha value is -1.10. The molecule has 0 aromatic heterocycles. The Labute approximate surface area is 95.6 Å². The predicted octanol–water partition coefficient (Wildman–Crippen LogP) is 0.110. The van der Waals surface area contributed by atoms with E-state index in [4.69, 9.17) is 0 Å². The van der Waals surface area contributed by atoms with E-state index in [9.17, 15) is 9.59 Å². The summed E-state index contributed by atoms with van der Waals surface area (Å²) in [6.07, 6.45) is 0.990. The summed E-state index contributed by atoms with van der Waals surface area (Å²) in [7, 11) is 0. The van der Waals surface area contributed by atoms with Gasteiger partial charge >= 0.3 is 6.03 Å². The number of Topliss-reactive ketones (excluding diaryl/α,β-unsaturated/α-hetero) is 1. The first kappa shape index (κ1) is 11.4.